The normalized spacial score (nSPS) is 12.8. The number of nitrogens with zero attached hydrogens (tertiary/aromatic N) is 5. The molecule has 5 nitrogen and oxygen atoms in total. The summed E-state index contributed by atoms with van der Waals surface area (Å²) in [4.78, 5) is 14.7. The summed E-state index contributed by atoms with van der Waals surface area (Å²) in [6, 6.07) is 36.9. The summed E-state index contributed by atoms with van der Waals surface area (Å²) in [5, 5.41) is 4.67. The molecule has 0 bridgehead atoms. The van der Waals surface area contributed by atoms with Gasteiger partial charge in [0.1, 0.15) is 5.65 Å². The molecule has 0 radical (unpaired) electrons. The van der Waals surface area contributed by atoms with Crippen LogP contribution in [0, 0.1) is 0 Å². The van der Waals surface area contributed by atoms with Gasteiger partial charge in [-0.15, -0.1) is 0 Å². The summed E-state index contributed by atoms with van der Waals surface area (Å²) in [5.41, 5.74) is 13.6. The van der Waals surface area contributed by atoms with Crippen molar-refractivity contribution >= 4 is 60.4 Å². The number of hydrogen-bond donors (Lipinski definition) is 0. The molecule has 1 aliphatic carbocycles. The molecule has 5 aromatic heterocycles. The van der Waals surface area contributed by atoms with Crippen LogP contribution in [0.25, 0.3) is 77.2 Å². The van der Waals surface area contributed by atoms with Crippen molar-refractivity contribution in [2.75, 3.05) is 0 Å². The second-order valence-corrected chi connectivity index (χ2v) is 10.9. The fraction of sp³-hybridized carbons (Fsp3) is 0.0278. The van der Waals surface area contributed by atoms with Gasteiger partial charge >= 0.3 is 0 Å². The van der Waals surface area contributed by atoms with E-state index in [0.29, 0.717) is 0 Å². The maximum atomic E-state index is 5.06. The van der Waals surface area contributed by atoms with Gasteiger partial charge < -0.3 is 4.57 Å². The summed E-state index contributed by atoms with van der Waals surface area (Å²) in [5.74, 6) is 0. The topological polar surface area (TPSA) is 48.0 Å². The second-order valence-electron chi connectivity index (χ2n) is 10.9. The molecule has 0 spiro atoms. The predicted molar refractivity (Wildman–Crippen MR) is 166 cm³/mol. The largest absolute Gasteiger partial charge is 0.308 e. The molecule has 0 saturated heterocycles. The van der Waals surface area contributed by atoms with Gasteiger partial charge in [-0.3, -0.25) is 9.38 Å². The Labute approximate surface area is 234 Å². The molecular weight excluding hydrogens is 502 g/mol. The fourth-order valence-corrected chi connectivity index (χ4v) is 7.19. The first-order chi connectivity index (χ1) is 20.4. The Kier molecular flexibility index (Phi) is 3.92. The highest BCUT2D eigenvalue weighted by atomic mass is 15.1. The second kappa shape index (κ2) is 7.55. The molecule has 41 heavy (non-hydrogen) atoms. The standard InChI is InChI=1S/C36H21N5/c1-2-9-22(10-3-1)40-33-25(15-14-24-23-11-5-4-8-21(23)20-28(24)33)26-16-17-27-31(34(26)40)32-29(12-6-18-37-32)41-30-13-7-19-38-35(30)39-36(27)41/h1-19H,20H2. The third-order valence-corrected chi connectivity index (χ3v) is 8.82. The van der Waals surface area contributed by atoms with Crippen LogP contribution in [0.3, 0.4) is 0 Å². The molecule has 1 aliphatic rings. The van der Waals surface area contributed by atoms with Crippen molar-refractivity contribution in [1.82, 2.24) is 23.9 Å². The van der Waals surface area contributed by atoms with E-state index >= 15 is 0 Å². The average molecular weight is 524 g/mol. The minimum Gasteiger partial charge on any atom is -0.308 e. The first-order valence-electron chi connectivity index (χ1n) is 13.9. The van der Waals surface area contributed by atoms with E-state index in [4.69, 9.17) is 9.97 Å². The molecule has 190 valence electrons. The third kappa shape index (κ3) is 2.63. The zero-order valence-electron chi connectivity index (χ0n) is 21.9. The average Bonchev–Trinajstić information content (AvgIpc) is 3.71. The van der Waals surface area contributed by atoms with Crippen LogP contribution in [0.5, 0.6) is 0 Å². The Morgan fingerprint density at radius 3 is 2.27 bits per heavy atom. The van der Waals surface area contributed by atoms with Gasteiger partial charge in [-0.05, 0) is 64.7 Å². The van der Waals surface area contributed by atoms with Crippen LogP contribution in [-0.4, -0.2) is 23.9 Å². The van der Waals surface area contributed by atoms with E-state index in [-0.39, 0.29) is 0 Å². The molecule has 0 unspecified atom stereocenters. The van der Waals surface area contributed by atoms with Crippen LogP contribution in [0.1, 0.15) is 11.1 Å². The van der Waals surface area contributed by atoms with E-state index in [2.05, 4.69) is 105 Å². The minimum atomic E-state index is 0.740. The van der Waals surface area contributed by atoms with Gasteiger partial charge in [-0.2, -0.15) is 0 Å². The smallest absolute Gasteiger partial charge is 0.178 e. The van der Waals surface area contributed by atoms with Gasteiger partial charge in [-0.25, -0.2) is 9.97 Å². The van der Waals surface area contributed by atoms with Crippen LogP contribution in [-0.2, 0) is 6.42 Å². The molecule has 10 rings (SSSR count). The molecule has 4 aromatic carbocycles. The Morgan fingerprint density at radius 1 is 0.585 bits per heavy atom. The molecule has 0 fully saturated rings. The van der Waals surface area contributed by atoms with Crippen molar-refractivity contribution in [3.05, 3.63) is 127 Å². The van der Waals surface area contributed by atoms with Gasteiger partial charge in [0.05, 0.1) is 27.6 Å². The SMILES string of the molecule is c1ccc(-n2c3c4c(ccc3c3ccc5c(c6ncccc6n6c7cccnc7nc56)c32)-c2ccccc2C4)cc1. The van der Waals surface area contributed by atoms with Crippen molar-refractivity contribution in [3.8, 4) is 16.8 Å². The fourth-order valence-electron chi connectivity index (χ4n) is 7.19. The van der Waals surface area contributed by atoms with E-state index in [0.717, 1.165) is 50.7 Å². The van der Waals surface area contributed by atoms with Crippen molar-refractivity contribution in [1.29, 1.82) is 0 Å². The zero-order valence-corrected chi connectivity index (χ0v) is 21.9. The molecular formula is C36H21N5. The van der Waals surface area contributed by atoms with Crippen molar-refractivity contribution in [2.24, 2.45) is 0 Å². The molecule has 0 saturated carbocycles. The van der Waals surface area contributed by atoms with E-state index in [9.17, 15) is 0 Å². The van der Waals surface area contributed by atoms with Crippen LogP contribution in [0.2, 0.25) is 0 Å². The van der Waals surface area contributed by atoms with Crippen LogP contribution in [0.4, 0.5) is 0 Å². The molecule has 0 amide bonds. The quantitative estimate of drug-likeness (QED) is 0.204. The van der Waals surface area contributed by atoms with E-state index in [1.165, 1.54) is 44.1 Å². The van der Waals surface area contributed by atoms with E-state index in [1.807, 2.05) is 24.5 Å². The Morgan fingerprint density at radius 2 is 1.34 bits per heavy atom. The first-order valence-corrected chi connectivity index (χ1v) is 13.9. The summed E-state index contributed by atoms with van der Waals surface area (Å²) in [6.45, 7) is 0. The lowest BCUT2D eigenvalue weighted by Crippen LogP contribution is -1.99. The molecule has 5 heterocycles. The number of aromatic nitrogens is 5. The monoisotopic (exact) mass is 523 g/mol. The van der Waals surface area contributed by atoms with Crippen molar-refractivity contribution in [3.63, 3.8) is 0 Å². The number of para-hydroxylation sites is 1. The van der Waals surface area contributed by atoms with Gasteiger partial charge in [0.15, 0.2) is 5.65 Å². The lowest BCUT2D eigenvalue weighted by atomic mass is 10.0. The maximum absolute atomic E-state index is 5.06. The molecule has 5 heteroatoms. The number of rotatable bonds is 1. The summed E-state index contributed by atoms with van der Waals surface area (Å²) < 4.78 is 4.69. The molecule has 0 atom stereocenters. The highest BCUT2D eigenvalue weighted by Gasteiger charge is 2.27. The molecule has 0 N–H and O–H groups in total. The predicted octanol–water partition coefficient (Wildman–Crippen LogP) is 8.25. The van der Waals surface area contributed by atoms with Crippen LogP contribution in [0.15, 0.2) is 116 Å². The van der Waals surface area contributed by atoms with Crippen LogP contribution >= 0.6 is 0 Å². The van der Waals surface area contributed by atoms with Crippen LogP contribution < -0.4 is 0 Å². The highest BCUT2D eigenvalue weighted by Crippen LogP contribution is 2.46. The number of hydrogen-bond acceptors (Lipinski definition) is 3. The Balaban J connectivity index is 1.49. The summed E-state index contributed by atoms with van der Waals surface area (Å²) in [7, 11) is 0. The first kappa shape index (κ1) is 21.3. The lowest BCUT2D eigenvalue weighted by molar-refractivity contribution is 1.16. The van der Waals surface area contributed by atoms with Gasteiger partial charge in [0.2, 0.25) is 0 Å². The lowest BCUT2D eigenvalue weighted by Gasteiger charge is -2.14. The number of pyridine rings is 3. The van der Waals surface area contributed by atoms with E-state index < -0.39 is 0 Å². The van der Waals surface area contributed by atoms with Crippen molar-refractivity contribution in [2.45, 2.75) is 6.42 Å². The summed E-state index contributed by atoms with van der Waals surface area (Å²) in [6.07, 6.45) is 4.62. The molecule has 0 aliphatic heterocycles. The zero-order chi connectivity index (χ0) is 26.7. The number of imidazole rings is 1. The Bertz CT molecular complexity index is 2550. The number of fused-ring (bicyclic) bond motifs is 16. The third-order valence-electron chi connectivity index (χ3n) is 8.82. The van der Waals surface area contributed by atoms with E-state index in [1.54, 1.807) is 0 Å². The maximum Gasteiger partial charge on any atom is 0.178 e. The summed E-state index contributed by atoms with van der Waals surface area (Å²) >= 11 is 0. The Hall–Kier alpha value is -5.55. The van der Waals surface area contributed by atoms with Crippen molar-refractivity contribution < 1.29 is 0 Å². The van der Waals surface area contributed by atoms with Gasteiger partial charge in [0.25, 0.3) is 0 Å². The number of benzene rings is 4. The minimum absolute atomic E-state index is 0.740. The van der Waals surface area contributed by atoms with Gasteiger partial charge in [-0.1, -0.05) is 60.7 Å². The van der Waals surface area contributed by atoms with Gasteiger partial charge in [0, 0.05) is 46.0 Å². The molecule has 9 aromatic rings. The highest BCUT2D eigenvalue weighted by molar-refractivity contribution is 6.27.